The van der Waals surface area contributed by atoms with E-state index in [1.54, 1.807) is 6.08 Å². The Morgan fingerprint density at radius 2 is 1.97 bits per heavy atom. The molecule has 29 heavy (non-hydrogen) atoms. The van der Waals surface area contributed by atoms with Crippen molar-refractivity contribution >= 4 is 23.4 Å². The smallest absolute Gasteiger partial charge is 0.234 e. The predicted molar refractivity (Wildman–Crippen MR) is 116 cm³/mol. The van der Waals surface area contributed by atoms with Gasteiger partial charge in [0.1, 0.15) is 12.4 Å². The Kier molecular flexibility index (Phi) is 7.08. The maximum atomic E-state index is 12.4. The number of hydrogen-bond donors (Lipinski definition) is 1. The zero-order valence-corrected chi connectivity index (χ0v) is 17.4. The van der Waals surface area contributed by atoms with Crippen molar-refractivity contribution in [2.24, 2.45) is 0 Å². The number of benzene rings is 2. The Hall–Kier alpha value is -3.06. The average molecular weight is 409 g/mol. The summed E-state index contributed by atoms with van der Waals surface area (Å²) >= 11 is 1.34. The van der Waals surface area contributed by atoms with E-state index in [0.29, 0.717) is 24.1 Å². The fourth-order valence-electron chi connectivity index (χ4n) is 2.71. The first kappa shape index (κ1) is 20.7. The van der Waals surface area contributed by atoms with Gasteiger partial charge in [-0.1, -0.05) is 48.2 Å². The highest BCUT2D eigenvalue weighted by molar-refractivity contribution is 7.99. The molecule has 1 N–H and O–H groups in total. The molecular weight excluding hydrogens is 384 g/mol. The number of rotatable bonds is 9. The fraction of sp³-hybridized carbons (Fsp3) is 0.227. The van der Waals surface area contributed by atoms with E-state index in [0.717, 1.165) is 22.6 Å². The first-order chi connectivity index (χ1) is 14.1. The number of thioether (sulfide) groups is 1. The Morgan fingerprint density at radius 1 is 1.17 bits per heavy atom. The number of anilines is 1. The number of aryl methyl sites for hydroxylation is 1. The van der Waals surface area contributed by atoms with Crippen LogP contribution in [0.4, 0.5) is 5.69 Å². The van der Waals surface area contributed by atoms with Gasteiger partial charge in [-0.05, 0) is 43.2 Å². The number of nitrogens with one attached hydrogen (secondary N) is 1. The van der Waals surface area contributed by atoms with Crippen LogP contribution in [0.5, 0.6) is 5.75 Å². The Balaban J connectivity index is 1.62. The van der Waals surface area contributed by atoms with E-state index in [1.165, 1.54) is 11.8 Å². The third-order valence-corrected chi connectivity index (χ3v) is 5.39. The number of allylic oxidation sites excluding steroid dienone is 1. The quantitative estimate of drug-likeness (QED) is 0.420. The highest BCUT2D eigenvalue weighted by atomic mass is 32.2. The van der Waals surface area contributed by atoms with Gasteiger partial charge < -0.3 is 10.1 Å². The Bertz CT molecular complexity index is 986. The van der Waals surface area contributed by atoms with Gasteiger partial charge >= 0.3 is 0 Å². The molecule has 0 bridgehead atoms. The number of hydrogen-bond acceptors (Lipinski definition) is 5. The highest BCUT2D eigenvalue weighted by Gasteiger charge is 2.14. The second kappa shape index (κ2) is 9.93. The van der Waals surface area contributed by atoms with E-state index in [1.807, 2.05) is 66.9 Å². The minimum atomic E-state index is -0.0843. The van der Waals surface area contributed by atoms with Crippen LogP contribution in [0.1, 0.15) is 17.0 Å². The summed E-state index contributed by atoms with van der Waals surface area (Å²) in [5, 5.41) is 12.1. The Morgan fingerprint density at radius 3 is 2.72 bits per heavy atom. The minimum Gasteiger partial charge on any atom is -0.486 e. The van der Waals surface area contributed by atoms with Crippen LogP contribution in [0, 0.1) is 13.8 Å². The zero-order chi connectivity index (χ0) is 20.6. The lowest BCUT2D eigenvalue weighted by molar-refractivity contribution is -0.113. The van der Waals surface area contributed by atoms with Crippen LogP contribution in [0.15, 0.2) is 66.3 Å². The molecule has 0 fully saturated rings. The molecule has 7 heteroatoms. The number of carbonyl (C=O) groups excluding carboxylic acids is 1. The van der Waals surface area contributed by atoms with Crippen molar-refractivity contribution in [2.75, 3.05) is 11.1 Å². The van der Waals surface area contributed by atoms with Crippen LogP contribution in [0.2, 0.25) is 0 Å². The van der Waals surface area contributed by atoms with Gasteiger partial charge in [0.15, 0.2) is 11.0 Å². The number of nitrogens with zero attached hydrogens (tertiary/aromatic N) is 3. The lowest BCUT2D eigenvalue weighted by Gasteiger charge is -2.11. The molecule has 0 radical (unpaired) electrons. The van der Waals surface area contributed by atoms with E-state index in [9.17, 15) is 4.79 Å². The standard InChI is InChI=1S/C22H24N4O2S/c1-4-13-26-20(14-28-18-10-6-5-7-11-18)24-25-22(26)29-15-21(27)23-19-12-8-9-16(2)17(19)3/h4-12H,1,13-15H2,2-3H3,(H,23,27). The number of ether oxygens (including phenoxy) is 1. The van der Waals surface area contributed by atoms with Gasteiger partial charge in [0.25, 0.3) is 0 Å². The second-order valence-electron chi connectivity index (χ2n) is 6.48. The summed E-state index contributed by atoms with van der Waals surface area (Å²) in [5.41, 5.74) is 3.05. The van der Waals surface area contributed by atoms with Crippen molar-refractivity contribution < 1.29 is 9.53 Å². The van der Waals surface area contributed by atoms with Crippen LogP contribution in [-0.4, -0.2) is 26.4 Å². The molecule has 3 rings (SSSR count). The third kappa shape index (κ3) is 5.48. The lowest BCUT2D eigenvalue weighted by atomic mass is 10.1. The SMILES string of the molecule is C=CCn1c(COc2ccccc2)nnc1SCC(=O)Nc1cccc(C)c1C. The molecule has 0 aliphatic heterocycles. The van der Waals surface area contributed by atoms with E-state index in [2.05, 4.69) is 22.1 Å². The molecule has 0 saturated carbocycles. The monoisotopic (exact) mass is 408 g/mol. The first-order valence-corrected chi connectivity index (χ1v) is 10.3. The summed E-state index contributed by atoms with van der Waals surface area (Å²) in [4.78, 5) is 12.4. The van der Waals surface area contributed by atoms with Crippen molar-refractivity contribution in [1.29, 1.82) is 0 Å². The van der Waals surface area contributed by atoms with Gasteiger partial charge in [0, 0.05) is 12.2 Å². The normalized spacial score (nSPS) is 10.6. The van der Waals surface area contributed by atoms with Gasteiger partial charge in [-0.15, -0.1) is 16.8 Å². The molecule has 1 aromatic heterocycles. The maximum Gasteiger partial charge on any atom is 0.234 e. The molecule has 3 aromatic rings. The summed E-state index contributed by atoms with van der Waals surface area (Å²) in [7, 11) is 0. The van der Waals surface area contributed by atoms with E-state index in [-0.39, 0.29) is 11.7 Å². The summed E-state index contributed by atoms with van der Waals surface area (Å²) in [6, 6.07) is 15.4. The molecule has 2 aromatic carbocycles. The van der Waals surface area contributed by atoms with Gasteiger partial charge in [-0.2, -0.15) is 0 Å². The van der Waals surface area contributed by atoms with Crippen LogP contribution in [0.25, 0.3) is 0 Å². The average Bonchev–Trinajstić information content (AvgIpc) is 3.11. The largest absolute Gasteiger partial charge is 0.486 e. The summed E-state index contributed by atoms with van der Waals surface area (Å²) in [5.74, 6) is 1.61. The number of carbonyl (C=O) groups is 1. The molecule has 1 heterocycles. The van der Waals surface area contributed by atoms with Crippen LogP contribution in [-0.2, 0) is 17.9 Å². The first-order valence-electron chi connectivity index (χ1n) is 9.28. The zero-order valence-electron chi connectivity index (χ0n) is 16.6. The molecular formula is C22H24N4O2S. The molecule has 150 valence electrons. The van der Waals surface area contributed by atoms with Gasteiger partial charge in [-0.3, -0.25) is 9.36 Å². The molecule has 0 aliphatic rings. The molecule has 0 saturated heterocycles. The summed E-state index contributed by atoms with van der Waals surface area (Å²) in [6.07, 6.45) is 1.77. The van der Waals surface area contributed by atoms with Crippen molar-refractivity contribution in [3.05, 3.63) is 78.1 Å². The fourth-order valence-corrected chi connectivity index (χ4v) is 3.48. The van der Waals surface area contributed by atoms with Crippen LogP contribution < -0.4 is 10.1 Å². The molecule has 0 aliphatic carbocycles. The molecule has 1 amide bonds. The lowest BCUT2D eigenvalue weighted by Crippen LogP contribution is -2.16. The Labute approximate surface area is 175 Å². The molecule has 0 spiro atoms. The van der Waals surface area contributed by atoms with Gasteiger partial charge in [0.05, 0.1) is 5.75 Å². The molecule has 6 nitrogen and oxygen atoms in total. The van der Waals surface area contributed by atoms with E-state index in [4.69, 9.17) is 4.74 Å². The number of para-hydroxylation sites is 1. The molecule has 0 atom stereocenters. The van der Waals surface area contributed by atoms with Crippen molar-refractivity contribution in [1.82, 2.24) is 14.8 Å². The van der Waals surface area contributed by atoms with Crippen molar-refractivity contribution in [3.8, 4) is 5.75 Å². The summed E-state index contributed by atoms with van der Waals surface area (Å²) in [6.45, 7) is 8.66. The van der Waals surface area contributed by atoms with Gasteiger partial charge in [-0.25, -0.2) is 0 Å². The summed E-state index contributed by atoms with van der Waals surface area (Å²) < 4.78 is 7.68. The van der Waals surface area contributed by atoms with Crippen LogP contribution >= 0.6 is 11.8 Å². The minimum absolute atomic E-state index is 0.0843. The third-order valence-electron chi connectivity index (χ3n) is 4.43. The predicted octanol–water partition coefficient (Wildman–Crippen LogP) is 4.39. The van der Waals surface area contributed by atoms with Crippen molar-refractivity contribution in [2.45, 2.75) is 32.2 Å². The van der Waals surface area contributed by atoms with Gasteiger partial charge in [0.2, 0.25) is 5.91 Å². The number of amides is 1. The highest BCUT2D eigenvalue weighted by Crippen LogP contribution is 2.21. The van der Waals surface area contributed by atoms with Crippen molar-refractivity contribution in [3.63, 3.8) is 0 Å². The maximum absolute atomic E-state index is 12.4. The van der Waals surface area contributed by atoms with Crippen LogP contribution in [0.3, 0.4) is 0 Å². The topological polar surface area (TPSA) is 69.0 Å². The number of aromatic nitrogens is 3. The molecule has 0 unspecified atom stereocenters. The second-order valence-corrected chi connectivity index (χ2v) is 7.43. The van der Waals surface area contributed by atoms with E-state index < -0.39 is 0 Å². The van der Waals surface area contributed by atoms with E-state index >= 15 is 0 Å².